The lowest BCUT2D eigenvalue weighted by Crippen LogP contribution is -1.98. The van der Waals surface area contributed by atoms with Crippen LogP contribution in [0.4, 0.5) is 4.39 Å². The fraction of sp³-hybridized carbons (Fsp3) is 0.312. The third kappa shape index (κ3) is 3.38. The van der Waals surface area contributed by atoms with Crippen LogP contribution in [0.25, 0.3) is 0 Å². The van der Waals surface area contributed by atoms with Crippen LogP contribution in [-0.4, -0.2) is 10.1 Å². The fourth-order valence-corrected chi connectivity index (χ4v) is 3.30. The Bertz CT molecular complexity index is 620. The number of aliphatic hydroxyl groups is 1. The quantitative estimate of drug-likeness (QED) is 0.912. The summed E-state index contributed by atoms with van der Waals surface area (Å²) in [6.45, 7) is 7.33. The molecule has 0 unspecified atom stereocenters. The van der Waals surface area contributed by atoms with Gasteiger partial charge in [-0.3, -0.25) is 0 Å². The van der Waals surface area contributed by atoms with Crippen LogP contribution in [0.3, 0.4) is 0 Å². The number of rotatable bonds is 3. The van der Waals surface area contributed by atoms with Gasteiger partial charge >= 0.3 is 0 Å². The topological polar surface area (TPSA) is 33.1 Å². The van der Waals surface area contributed by atoms with Gasteiger partial charge in [-0.25, -0.2) is 9.37 Å². The van der Waals surface area contributed by atoms with E-state index >= 15 is 0 Å². The van der Waals surface area contributed by atoms with Crippen LogP contribution in [0.5, 0.6) is 0 Å². The van der Waals surface area contributed by atoms with Gasteiger partial charge in [0.25, 0.3) is 0 Å². The zero-order chi connectivity index (χ0) is 14.9. The van der Waals surface area contributed by atoms with Gasteiger partial charge in [0.15, 0.2) is 0 Å². The van der Waals surface area contributed by atoms with Gasteiger partial charge in [-0.2, -0.15) is 0 Å². The van der Waals surface area contributed by atoms with Crippen molar-refractivity contribution >= 4 is 11.8 Å². The summed E-state index contributed by atoms with van der Waals surface area (Å²) in [6.07, 6.45) is -0.710. The number of hydrogen-bond donors (Lipinski definition) is 1. The molecule has 2 aromatic rings. The summed E-state index contributed by atoms with van der Waals surface area (Å²) in [7, 11) is 0. The number of aromatic nitrogens is 1. The van der Waals surface area contributed by atoms with E-state index in [0.717, 1.165) is 21.2 Å². The van der Waals surface area contributed by atoms with Crippen molar-refractivity contribution < 1.29 is 9.50 Å². The lowest BCUT2D eigenvalue weighted by molar-refractivity contribution is 0.196. The standard InChI is InChI=1S/C16H18FNOS/c1-9-5-11(3)18-16(6-9)20-15-7-10(2)14(17)8-13(15)12(4)19/h5-8,12,19H,1-4H3/t12-/m0/s1. The van der Waals surface area contributed by atoms with Crippen molar-refractivity contribution in [3.63, 3.8) is 0 Å². The maximum Gasteiger partial charge on any atom is 0.126 e. The first-order valence-electron chi connectivity index (χ1n) is 6.48. The molecule has 2 rings (SSSR count). The molecule has 0 saturated heterocycles. The number of pyridine rings is 1. The molecule has 1 aromatic carbocycles. The van der Waals surface area contributed by atoms with Gasteiger partial charge < -0.3 is 5.11 Å². The van der Waals surface area contributed by atoms with Crippen LogP contribution >= 0.6 is 11.8 Å². The average molecular weight is 291 g/mol. The van der Waals surface area contributed by atoms with E-state index in [2.05, 4.69) is 4.98 Å². The average Bonchev–Trinajstić information content (AvgIpc) is 2.31. The predicted molar refractivity (Wildman–Crippen MR) is 79.6 cm³/mol. The summed E-state index contributed by atoms with van der Waals surface area (Å²) in [6, 6.07) is 7.17. The van der Waals surface area contributed by atoms with Gasteiger partial charge in [0, 0.05) is 10.6 Å². The van der Waals surface area contributed by atoms with Crippen molar-refractivity contribution in [1.82, 2.24) is 4.98 Å². The number of aliphatic hydroxyl groups excluding tert-OH is 1. The van der Waals surface area contributed by atoms with Gasteiger partial charge in [0.2, 0.25) is 0 Å². The largest absolute Gasteiger partial charge is 0.389 e. The molecule has 0 aliphatic carbocycles. The Kier molecular flexibility index (Phi) is 4.45. The first-order valence-corrected chi connectivity index (χ1v) is 7.29. The van der Waals surface area contributed by atoms with Crippen molar-refractivity contribution in [1.29, 1.82) is 0 Å². The first kappa shape index (κ1) is 15.0. The SMILES string of the molecule is Cc1cc(C)nc(Sc2cc(C)c(F)cc2[C@H](C)O)c1. The molecule has 0 fully saturated rings. The molecular weight excluding hydrogens is 273 g/mol. The zero-order valence-electron chi connectivity index (χ0n) is 12.1. The number of hydrogen-bond acceptors (Lipinski definition) is 3. The second-order valence-corrected chi connectivity index (χ2v) is 6.10. The zero-order valence-corrected chi connectivity index (χ0v) is 12.9. The van der Waals surface area contributed by atoms with Crippen LogP contribution < -0.4 is 0 Å². The molecule has 1 atom stereocenters. The van der Waals surface area contributed by atoms with E-state index < -0.39 is 6.10 Å². The molecule has 0 amide bonds. The van der Waals surface area contributed by atoms with E-state index in [9.17, 15) is 9.50 Å². The molecular formula is C16H18FNOS. The minimum absolute atomic E-state index is 0.293. The highest BCUT2D eigenvalue weighted by Gasteiger charge is 2.13. The Morgan fingerprint density at radius 1 is 1.15 bits per heavy atom. The third-order valence-electron chi connectivity index (χ3n) is 3.03. The number of benzene rings is 1. The molecule has 0 radical (unpaired) electrons. The molecule has 2 nitrogen and oxygen atoms in total. The Balaban J connectivity index is 2.44. The highest BCUT2D eigenvalue weighted by Crippen LogP contribution is 2.34. The predicted octanol–water partition coefficient (Wildman–Crippen LogP) is 4.35. The molecule has 106 valence electrons. The van der Waals surface area contributed by atoms with Crippen molar-refractivity contribution in [3.8, 4) is 0 Å². The first-order chi connectivity index (χ1) is 9.36. The van der Waals surface area contributed by atoms with Crippen LogP contribution in [0.15, 0.2) is 34.2 Å². The van der Waals surface area contributed by atoms with E-state index in [1.54, 1.807) is 19.9 Å². The van der Waals surface area contributed by atoms with Gasteiger partial charge in [-0.05, 0) is 68.7 Å². The molecule has 1 aromatic heterocycles. The minimum atomic E-state index is -0.710. The summed E-state index contributed by atoms with van der Waals surface area (Å²) >= 11 is 1.46. The summed E-state index contributed by atoms with van der Waals surface area (Å²) < 4.78 is 13.7. The van der Waals surface area contributed by atoms with Crippen molar-refractivity contribution in [2.75, 3.05) is 0 Å². The Labute approximate surface area is 123 Å². The lowest BCUT2D eigenvalue weighted by Gasteiger charge is -2.13. The summed E-state index contributed by atoms with van der Waals surface area (Å²) in [5.74, 6) is -0.293. The van der Waals surface area contributed by atoms with Crippen LogP contribution in [0.1, 0.15) is 35.4 Å². The van der Waals surface area contributed by atoms with Crippen molar-refractivity contribution in [2.45, 2.75) is 43.7 Å². The molecule has 0 saturated carbocycles. The van der Waals surface area contributed by atoms with Gasteiger partial charge in [0.05, 0.1) is 6.10 Å². The maximum absolute atomic E-state index is 13.7. The number of nitrogens with zero attached hydrogens (tertiary/aromatic N) is 1. The summed E-state index contributed by atoms with van der Waals surface area (Å²) in [5.41, 5.74) is 3.25. The number of halogens is 1. The Morgan fingerprint density at radius 2 is 1.85 bits per heavy atom. The van der Waals surface area contributed by atoms with Gasteiger partial charge in [-0.1, -0.05) is 11.8 Å². The summed E-state index contributed by atoms with van der Waals surface area (Å²) in [5, 5.41) is 10.7. The second kappa shape index (κ2) is 5.94. The smallest absolute Gasteiger partial charge is 0.126 e. The van der Waals surface area contributed by atoms with E-state index in [1.807, 2.05) is 26.0 Å². The van der Waals surface area contributed by atoms with E-state index in [4.69, 9.17) is 0 Å². The molecule has 0 aliphatic rings. The Morgan fingerprint density at radius 3 is 2.45 bits per heavy atom. The van der Waals surface area contributed by atoms with E-state index in [-0.39, 0.29) is 5.82 Å². The number of aryl methyl sites for hydroxylation is 3. The highest BCUT2D eigenvalue weighted by atomic mass is 32.2. The van der Waals surface area contributed by atoms with Crippen LogP contribution in [0, 0.1) is 26.6 Å². The molecule has 1 N–H and O–H groups in total. The fourth-order valence-electron chi connectivity index (χ4n) is 2.05. The highest BCUT2D eigenvalue weighted by molar-refractivity contribution is 7.99. The molecule has 1 heterocycles. The molecule has 0 bridgehead atoms. The monoisotopic (exact) mass is 291 g/mol. The van der Waals surface area contributed by atoms with Crippen molar-refractivity contribution in [3.05, 3.63) is 52.5 Å². The van der Waals surface area contributed by atoms with Gasteiger partial charge in [-0.15, -0.1) is 0 Å². The maximum atomic E-state index is 13.7. The van der Waals surface area contributed by atoms with Crippen LogP contribution in [0.2, 0.25) is 0 Å². The summed E-state index contributed by atoms with van der Waals surface area (Å²) in [4.78, 5) is 5.31. The van der Waals surface area contributed by atoms with Crippen molar-refractivity contribution in [2.24, 2.45) is 0 Å². The Hall–Kier alpha value is -1.39. The lowest BCUT2D eigenvalue weighted by atomic mass is 10.1. The minimum Gasteiger partial charge on any atom is -0.389 e. The molecule has 0 aliphatic heterocycles. The molecule has 0 spiro atoms. The van der Waals surface area contributed by atoms with Gasteiger partial charge in [0.1, 0.15) is 10.8 Å². The molecule has 4 heteroatoms. The van der Waals surface area contributed by atoms with E-state index in [1.165, 1.54) is 17.8 Å². The van der Waals surface area contributed by atoms with E-state index in [0.29, 0.717) is 11.1 Å². The second-order valence-electron chi connectivity index (χ2n) is 5.04. The normalized spacial score (nSPS) is 12.5. The molecule has 20 heavy (non-hydrogen) atoms. The third-order valence-corrected chi connectivity index (χ3v) is 4.02. The van der Waals surface area contributed by atoms with Crippen LogP contribution in [-0.2, 0) is 0 Å².